The van der Waals surface area contributed by atoms with Crippen molar-refractivity contribution < 1.29 is 23.8 Å². The predicted octanol–water partition coefficient (Wildman–Crippen LogP) is 4.88. The molecule has 0 spiro atoms. The molecule has 0 saturated carbocycles. The largest absolute Gasteiger partial charge is 0.497 e. The second kappa shape index (κ2) is 9.01. The standard InChI is InChI=1S/C22H18O5S/c1-25-16-10-12-20(26-2)17(14-16)18(23)11-9-15-6-3-4-7-19(15)27-22(24)21-8-5-13-28-21/h3-14H,1-2H3. The van der Waals surface area contributed by atoms with Gasteiger partial charge in [0.05, 0.1) is 19.8 Å². The third kappa shape index (κ3) is 4.47. The molecule has 0 atom stereocenters. The highest BCUT2D eigenvalue weighted by atomic mass is 32.1. The second-order valence-corrected chi connectivity index (χ2v) is 6.62. The monoisotopic (exact) mass is 394 g/mol. The van der Waals surface area contributed by atoms with Crippen molar-refractivity contribution in [1.82, 2.24) is 0 Å². The maximum atomic E-state index is 12.7. The van der Waals surface area contributed by atoms with Crippen molar-refractivity contribution in [2.75, 3.05) is 14.2 Å². The molecule has 0 aliphatic carbocycles. The van der Waals surface area contributed by atoms with Gasteiger partial charge in [-0.15, -0.1) is 11.3 Å². The van der Waals surface area contributed by atoms with E-state index in [0.29, 0.717) is 33.3 Å². The molecule has 0 saturated heterocycles. The number of para-hydroxylation sites is 1. The van der Waals surface area contributed by atoms with E-state index in [1.807, 2.05) is 5.38 Å². The van der Waals surface area contributed by atoms with Crippen molar-refractivity contribution in [2.45, 2.75) is 0 Å². The summed E-state index contributed by atoms with van der Waals surface area (Å²) in [5.41, 5.74) is 0.994. The number of ketones is 1. The fourth-order valence-corrected chi connectivity index (χ4v) is 3.12. The van der Waals surface area contributed by atoms with Gasteiger partial charge in [0, 0.05) is 5.56 Å². The Bertz CT molecular complexity index is 1010. The maximum absolute atomic E-state index is 12.7. The average Bonchev–Trinajstić information content (AvgIpc) is 3.27. The van der Waals surface area contributed by atoms with Gasteiger partial charge in [-0.3, -0.25) is 4.79 Å². The van der Waals surface area contributed by atoms with Gasteiger partial charge in [-0.1, -0.05) is 24.3 Å². The summed E-state index contributed by atoms with van der Waals surface area (Å²) in [6.45, 7) is 0. The van der Waals surface area contributed by atoms with Crippen LogP contribution >= 0.6 is 11.3 Å². The van der Waals surface area contributed by atoms with Crippen LogP contribution in [0.4, 0.5) is 0 Å². The minimum Gasteiger partial charge on any atom is -0.497 e. The lowest BCUT2D eigenvalue weighted by Crippen LogP contribution is -2.07. The summed E-state index contributed by atoms with van der Waals surface area (Å²) >= 11 is 1.31. The fraction of sp³-hybridized carbons (Fsp3) is 0.0909. The van der Waals surface area contributed by atoms with Gasteiger partial charge in [-0.05, 0) is 47.9 Å². The number of thiophene rings is 1. The first kappa shape index (κ1) is 19.4. The molecule has 28 heavy (non-hydrogen) atoms. The highest BCUT2D eigenvalue weighted by Gasteiger charge is 2.13. The van der Waals surface area contributed by atoms with Crippen LogP contribution in [-0.4, -0.2) is 26.0 Å². The van der Waals surface area contributed by atoms with Crippen molar-refractivity contribution in [1.29, 1.82) is 0 Å². The Balaban J connectivity index is 1.83. The Morgan fingerprint density at radius 2 is 1.75 bits per heavy atom. The van der Waals surface area contributed by atoms with Crippen molar-refractivity contribution in [3.63, 3.8) is 0 Å². The molecule has 1 aromatic heterocycles. The number of hydrogen-bond donors (Lipinski definition) is 0. The number of carbonyl (C=O) groups is 2. The Morgan fingerprint density at radius 1 is 0.929 bits per heavy atom. The molecule has 142 valence electrons. The van der Waals surface area contributed by atoms with Gasteiger partial charge in [0.15, 0.2) is 5.78 Å². The number of rotatable bonds is 7. The number of ether oxygens (including phenoxy) is 3. The summed E-state index contributed by atoms with van der Waals surface area (Å²) in [7, 11) is 3.03. The molecule has 2 aromatic carbocycles. The van der Waals surface area contributed by atoms with Crippen LogP contribution in [0, 0.1) is 0 Å². The first-order valence-corrected chi connectivity index (χ1v) is 9.29. The highest BCUT2D eigenvalue weighted by Crippen LogP contribution is 2.26. The molecule has 5 nitrogen and oxygen atoms in total. The van der Waals surface area contributed by atoms with Crippen molar-refractivity contribution >= 4 is 29.2 Å². The van der Waals surface area contributed by atoms with Gasteiger partial charge in [0.1, 0.15) is 22.1 Å². The van der Waals surface area contributed by atoms with E-state index in [9.17, 15) is 9.59 Å². The molecule has 0 amide bonds. The zero-order valence-electron chi connectivity index (χ0n) is 15.4. The van der Waals surface area contributed by atoms with Crippen molar-refractivity contribution in [3.8, 4) is 17.2 Å². The Hall–Kier alpha value is -3.38. The number of esters is 1. The molecule has 3 rings (SSSR count). The Morgan fingerprint density at radius 3 is 2.46 bits per heavy atom. The lowest BCUT2D eigenvalue weighted by molar-refractivity contribution is 0.0739. The van der Waals surface area contributed by atoms with Gasteiger partial charge in [-0.25, -0.2) is 4.79 Å². The SMILES string of the molecule is COc1ccc(OC)c(C(=O)C=Cc2ccccc2OC(=O)c2cccs2)c1. The van der Waals surface area contributed by atoms with Crippen molar-refractivity contribution in [3.05, 3.63) is 82.1 Å². The van der Waals surface area contributed by atoms with Gasteiger partial charge in [0.25, 0.3) is 0 Å². The summed E-state index contributed by atoms with van der Waals surface area (Å²) in [6.07, 6.45) is 3.02. The first-order chi connectivity index (χ1) is 13.6. The van der Waals surface area contributed by atoms with E-state index in [2.05, 4.69) is 0 Å². The molecule has 0 unspecified atom stereocenters. The third-order valence-corrected chi connectivity index (χ3v) is 4.78. The minimum atomic E-state index is -0.434. The van der Waals surface area contributed by atoms with Crippen LogP contribution in [0.25, 0.3) is 6.08 Å². The molecule has 0 radical (unpaired) electrons. The molecule has 1 heterocycles. The normalized spacial score (nSPS) is 10.6. The lowest BCUT2D eigenvalue weighted by Gasteiger charge is -2.08. The van der Waals surface area contributed by atoms with Crippen LogP contribution in [0.2, 0.25) is 0 Å². The molecular formula is C22H18O5S. The quantitative estimate of drug-likeness (QED) is 0.247. The zero-order valence-corrected chi connectivity index (χ0v) is 16.2. The molecular weight excluding hydrogens is 376 g/mol. The highest BCUT2D eigenvalue weighted by molar-refractivity contribution is 7.12. The molecule has 3 aromatic rings. The molecule has 0 aliphatic rings. The molecule has 0 bridgehead atoms. The van der Waals surface area contributed by atoms with Crippen molar-refractivity contribution in [2.24, 2.45) is 0 Å². The fourth-order valence-electron chi connectivity index (χ4n) is 2.52. The summed E-state index contributed by atoms with van der Waals surface area (Å²) < 4.78 is 15.9. The summed E-state index contributed by atoms with van der Waals surface area (Å²) in [5, 5.41) is 1.81. The Kier molecular flexibility index (Phi) is 6.24. The number of methoxy groups -OCH3 is 2. The van der Waals surface area contributed by atoms with Crippen LogP contribution in [0.3, 0.4) is 0 Å². The van der Waals surface area contributed by atoms with E-state index in [0.717, 1.165) is 0 Å². The van der Waals surface area contributed by atoms with Gasteiger partial charge >= 0.3 is 5.97 Å². The van der Waals surface area contributed by atoms with E-state index >= 15 is 0 Å². The Labute approximate surface area is 166 Å². The van der Waals surface area contributed by atoms with Crippen LogP contribution in [0.5, 0.6) is 17.2 Å². The van der Waals surface area contributed by atoms with E-state index in [4.69, 9.17) is 14.2 Å². The molecule has 0 N–H and O–H groups in total. The smallest absolute Gasteiger partial charge is 0.353 e. The summed E-state index contributed by atoms with van der Waals surface area (Å²) in [6, 6.07) is 15.5. The van der Waals surface area contributed by atoms with E-state index < -0.39 is 5.97 Å². The lowest BCUT2D eigenvalue weighted by atomic mass is 10.1. The number of hydrogen-bond acceptors (Lipinski definition) is 6. The summed E-state index contributed by atoms with van der Waals surface area (Å²) in [4.78, 5) is 25.4. The van der Waals surface area contributed by atoms with E-state index in [1.165, 1.54) is 31.6 Å². The third-order valence-electron chi connectivity index (χ3n) is 3.93. The topological polar surface area (TPSA) is 61.8 Å². The van der Waals surface area contributed by atoms with E-state index in [1.54, 1.807) is 60.7 Å². The first-order valence-electron chi connectivity index (χ1n) is 8.41. The van der Waals surface area contributed by atoms with Crippen LogP contribution in [-0.2, 0) is 0 Å². The van der Waals surface area contributed by atoms with Crippen LogP contribution < -0.4 is 14.2 Å². The number of allylic oxidation sites excluding steroid dienone is 1. The molecule has 0 fully saturated rings. The molecule has 6 heteroatoms. The number of benzene rings is 2. The molecule has 0 aliphatic heterocycles. The minimum absolute atomic E-state index is 0.255. The van der Waals surface area contributed by atoms with Crippen LogP contribution in [0.1, 0.15) is 25.6 Å². The van der Waals surface area contributed by atoms with Gasteiger partial charge in [0.2, 0.25) is 0 Å². The number of carbonyl (C=O) groups excluding carboxylic acids is 2. The maximum Gasteiger partial charge on any atom is 0.353 e. The van der Waals surface area contributed by atoms with Gasteiger partial charge < -0.3 is 14.2 Å². The predicted molar refractivity (Wildman–Crippen MR) is 109 cm³/mol. The zero-order chi connectivity index (χ0) is 19.9. The van der Waals surface area contributed by atoms with Crippen LogP contribution in [0.15, 0.2) is 66.1 Å². The van der Waals surface area contributed by atoms with Gasteiger partial charge in [-0.2, -0.15) is 0 Å². The summed E-state index contributed by atoms with van der Waals surface area (Å²) in [5.74, 6) is 0.699. The van der Waals surface area contributed by atoms with E-state index in [-0.39, 0.29) is 5.78 Å². The average molecular weight is 394 g/mol. The second-order valence-electron chi connectivity index (χ2n) is 5.67.